The van der Waals surface area contributed by atoms with E-state index in [1.54, 1.807) is 0 Å². The van der Waals surface area contributed by atoms with Gasteiger partial charge in [-0.3, -0.25) is 0 Å². The molecule has 0 spiro atoms. The third-order valence-electron chi connectivity index (χ3n) is 4.18. The van der Waals surface area contributed by atoms with E-state index >= 15 is 0 Å². The van der Waals surface area contributed by atoms with Gasteiger partial charge in [-0.2, -0.15) is 0 Å². The minimum absolute atomic E-state index is 0. The standard InChI is InChI=1S/C19H42N.C3H9N.ClH/c1-5-6-7-8-9-10-11-12-13-14-15-16-17-18-19-20(2,3)4;1-4(2)3;/h5-19H2,1-4H3;1-3H3;1H/q+1;;. The van der Waals surface area contributed by atoms with E-state index in [1.807, 2.05) is 26.0 Å². The average Bonchev–Trinajstić information content (AvgIpc) is 2.46. The molecule has 0 unspecified atom stereocenters. The highest BCUT2D eigenvalue weighted by atomic mass is 35.5. The topological polar surface area (TPSA) is 3.24 Å². The van der Waals surface area contributed by atoms with Crippen molar-refractivity contribution in [3.05, 3.63) is 0 Å². The van der Waals surface area contributed by atoms with Crippen molar-refractivity contribution in [2.24, 2.45) is 0 Å². The molecule has 0 rings (SSSR count). The summed E-state index contributed by atoms with van der Waals surface area (Å²) in [5.74, 6) is 0. The van der Waals surface area contributed by atoms with Crippen molar-refractivity contribution >= 4 is 12.4 Å². The van der Waals surface area contributed by atoms with Crippen LogP contribution in [-0.4, -0.2) is 58.2 Å². The number of hydrogen-bond acceptors (Lipinski definition) is 1. The maximum atomic E-state index is 2.29. The minimum atomic E-state index is 0. The molecular formula is C22H52ClN2+. The maximum absolute atomic E-state index is 2.29. The smallest absolute Gasteiger partial charge is 0.0780 e. The fraction of sp³-hybridized carbons (Fsp3) is 1.00. The molecule has 0 aromatic heterocycles. The highest BCUT2D eigenvalue weighted by Gasteiger charge is 2.04. The Hall–Kier alpha value is 0.210. The van der Waals surface area contributed by atoms with Gasteiger partial charge in [0, 0.05) is 0 Å². The largest absolute Gasteiger partial charge is 0.331 e. The lowest BCUT2D eigenvalue weighted by Crippen LogP contribution is -2.35. The van der Waals surface area contributed by atoms with Crippen LogP contribution in [0.25, 0.3) is 0 Å². The van der Waals surface area contributed by atoms with E-state index < -0.39 is 0 Å². The number of quaternary nitrogens is 1. The number of unbranched alkanes of at least 4 members (excludes halogenated alkanes) is 13. The van der Waals surface area contributed by atoms with Gasteiger partial charge >= 0.3 is 0 Å². The first-order valence-corrected chi connectivity index (χ1v) is 10.7. The average molecular weight is 380 g/mol. The molecule has 2 nitrogen and oxygen atoms in total. The molecule has 0 amide bonds. The fourth-order valence-corrected chi connectivity index (χ4v) is 2.78. The maximum Gasteiger partial charge on any atom is 0.0780 e. The zero-order valence-electron chi connectivity index (χ0n) is 18.9. The molecule has 0 N–H and O–H groups in total. The summed E-state index contributed by atoms with van der Waals surface area (Å²) in [6.07, 6.45) is 20.4. The lowest BCUT2D eigenvalue weighted by atomic mass is 10.0. The Bertz CT molecular complexity index is 222. The Kier molecular flexibility index (Phi) is 26.7. The second-order valence-electron chi connectivity index (χ2n) is 8.95. The van der Waals surface area contributed by atoms with E-state index in [2.05, 4.69) is 28.1 Å². The van der Waals surface area contributed by atoms with Gasteiger partial charge in [-0.1, -0.05) is 84.0 Å². The summed E-state index contributed by atoms with van der Waals surface area (Å²) in [5, 5.41) is 0. The van der Waals surface area contributed by atoms with Gasteiger partial charge in [-0.15, -0.1) is 12.4 Å². The Morgan fingerprint density at radius 1 is 0.520 bits per heavy atom. The van der Waals surface area contributed by atoms with Crippen LogP contribution in [0.3, 0.4) is 0 Å². The van der Waals surface area contributed by atoms with Crippen LogP contribution in [0.15, 0.2) is 0 Å². The van der Waals surface area contributed by atoms with E-state index in [4.69, 9.17) is 0 Å². The quantitative estimate of drug-likeness (QED) is 0.224. The molecule has 0 aliphatic rings. The lowest BCUT2D eigenvalue weighted by Gasteiger charge is -2.23. The van der Waals surface area contributed by atoms with Crippen molar-refractivity contribution in [1.29, 1.82) is 0 Å². The normalized spacial score (nSPS) is 11.0. The van der Waals surface area contributed by atoms with Gasteiger partial charge < -0.3 is 9.38 Å². The molecule has 0 heterocycles. The van der Waals surface area contributed by atoms with Gasteiger partial charge in [-0.05, 0) is 34.0 Å². The number of halogens is 1. The van der Waals surface area contributed by atoms with Crippen molar-refractivity contribution in [2.75, 3.05) is 48.8 Å². The van der Waals surface area contributed by atoms with Crippen molar-refractivity contribution in [3.8, 4) is 0 Å². The van der Waals surface area contributed by atoms with E-state index in [9.17, 15) is 0 Å². The number of hydrogen-bond donors (Lipinski definition) is 0. The van der Waals surface area contributed by atoms with Crippen LogP contribution in [0.2, 0.25) is 0 Å². The summed E-state index contributed by atoms with van der Waals surface area (Å²) in [4.78, 5) is 2.00. The van der Waals surface area contributed by atoms with Crippen LogP contribution < -0.4 is 0 Å². The van der Waals surface area contributed by atoms with E-state index in [-0.39, 0.29) is 12.4 Å². The zero-order valence-corrected chi connectivity index (χ0v) is 19.7. The molecule has 25 heavy (non-hydrogen) atoms. The van der Waals surface area contributed by atoms with Crippen molar-refractivity contribution in [3.63, 3.8) is 0 Å². The molecule has 0 fully saturated rings. The molecule has 0 aliphatic carbocycles. The molecule has 0 saturated carbocycles. The van der Waals surface area contributed by atoms with Crippen LogP contribution in [0.5, 0.6) is 0 Å². The molecule has 0 aromatic carbocycles. The number of rotatable bonds is 15. The summed E-state index contributed by atoms with van der Waals surface area (Å²) in [6, 6.07) is 0. The molecule has 0 aliphatic heterocycles. The second kappa shape index (κ2) is 22.3. The Morgan fingerprint density at radius 3 is 1.00 bits per heavy atom. The van der Waals surface area contributed by atoms with Crippen LogP contribution in [-0.2, 0) is 0 Å². The van der Waals surface area contributed by atoms with Crippen molar-refractivity contribution < 1.29 is 4.48 Å². The molecule has 0 aromatic rings. The van der Waals surface area contributed by atoms with Gasteiger partial charge in [0.15, 0.2) is 0 Å². The Balaban J connectivity index is -0.000000867. The Morgan fingerprint density at radius 2 is 0.760 bits per heavy atom. The highest BCUT2D eigenvalue weighted by molar-refractivity contribution is 5.85. The van der Waals surface area contributed by atoms with Gasteiger partial charge in [0.25, 0.3) is 0 Å². The molecule has 156 valence electrons. The minimum Gasteiger partial charge on any atom is -0.331 e. The van der Waals surface area contributed by atoms with E-state index in [0.29, 0.717) is 0 Å². The van der Waals surface area contributed by atoms with Crippen LogP contribution in [0, 0.1) is 0 Å². The van der Waals surface area contributed by atoms with Crippen molar-refractivity contribution in [1.82, 2.24) is 4.90 Å². The lowest BCUT2D eigenvalue weighted by molar-refractivity contribution is -0.870. The summed E-state index contributed by atoms with van der Waals surface area (Å²) in [7, 11) is 12.9. The van der Waals surface area contributed by atoms with E-state index in [0.717, 1.165) is 4.48 Å². The SMILES string of the molecule is CCCCCCCCCCCCCCCC[N+](C)(C)C.CN(C)C.Cl. The first-order chi connectivity index (χ1) is 11.3. The monoisotopic (exact) mass is 379 g/mol. The molecule has 0 atom stereocenters. The van der Waals surface area contributed by atoms with Gasteiger partial charge in [0.2, 0.25) is 0 Å². The van der Waals surface area contributed by atoms with E-state index in [1.165, 1.54) is 96.4 Å². The summed E-state index contributed by atoms with van der Waals surface area (Å²) in [6.45, 7) is 3.63. The van der Waals surface area contributed by atoms with Crippen LogP contribution in [0.1, 0.15) is 96.8 Å². The zero-order chi connectivity index (χ0) is 18.7. The highest BCUT2D eigenvalue weighted by Crippen LogP contribution is 2.13. The molecule has 0 saturated heterocycles. The molecule has 0 bridgehead atoms. The summed E-state index contributed by atoms with van der Waals surface area (Å²) in [5.41, 5.74) is 0. The van der Waals surface area contributed by atoms with Crippen molar-refractivity contribution in [2.45, 2.75) is 96.8 Å². The molecular weight excluding hydrogens is 328 g/mol. The van der Waals surface area contributed by atoms with Crippen LogP contribution in [0.4, 0.5) is 0 Å². The Labute approximate surface area is 167 Å². The first kappa shape index (κ1) is 30.0. The second-order valence-corrected chi connectivity index (χ2v) is 8.95. The predicted octanol–water partition coefficient (Wildman–Crippen LogP) is 6.77. The van der Waals surface area contributed by atoms with Gasteiger partial charge in [0.1, 0.15) is 0 Å². The third kappa shape index (κ3) is 40.3. The van der Waals surface area contributed by atoms with Gasteiger partial charge in [-0.25, -0.2) is 0 Å². The van der Waals surface area contributed by atoms with Gasteiger partial charge in [0.05, 0.1) is 27.7 Å². The molecule has 0 radical (unpaired) electrons. The third-order valence-corrected chi connectivity index (χ3v) is 4.18. The summed E-state index contributed by atoms with van der Waals surface area (Å²) < 4.78 is 1.12. The number of nitrogens with zero attached hydrogens (tertiary/aromatic N) is 2. The first-order valence-electron chi connectivity index (χ1n) is 10.7. The molecule has 3 heteroatoms. The van der Waals surface area contributed by atoms with Crippen LogP contribution >= 0.6 is 12.4 Å². The summed E-state index contributed by atoms with van der Waals surface area (Å²) >= 11 is 0. The predicted molar refractivity (Wildman–Crippen MR) is 120 cm³/mol. The fourth-order valence-electron chi connectivity index (χ4n) is 2.78.